The summed E-state index contributed by atoms with van der Waals surface area (Å²) in [6, 6.07) is 0. The van der Waals surface area contributed by atoms with Crippen LogP contribution < -0.4 is 5.32 Å². The number of anilines is 1. The number of halogens is 1. The Hall–Kier alpha value is -1.68. The Labute approximate surface area is 195 Å². The summed E-state index contributed by atoms with van der Waals surface area (Å²) in [4.78, 5) is 20.6. The van der Waals surface area contributed by atoms with E-state index < -0.39 is 0 Å². The smallest absolute Gasteiger partial charge is 0.225 e. The SMILES string of the molecule is C/C=C\c1c(C)nc(Cl)nc1NC(=O)CCCCCCC/C=C\CCCCCCCC. The Balaban J connectivity index is 2.08. The van der Waals surface area contributed by atoms with Gasteiger partial charge in [-0.3, -0.25) is 4.79 Å². The van der Waals surface area contributed by atoms with Crippen molar-refractivity contribution in [3.63, 3.8) is 0 Å². The number of carbonyl (C=O) groups excluding carboxylic acids is 1. The Morgan fingerprint density at radius 1 is 0.903 bits per heavy atom. The second kappa shape index (κ2) is 17.9. The molecule has 1 rings (SSSR count). The zero-order valence-corrected chi connectivity index (χ0v) is 20.6. The van der Waals surface area contributed by atoms with E-state index in [1.165, 1.54) is 70.6 Å². The van der Waals surface area contributed by atoms with Crippen molar-refractivity contribution in [2.75, 3.05) is 5.32 Å². The van der Waals surface area contributed by atoms with Crippen molar-refractivity contribution in [1.29, 1.82) is 0 Å². The number of hydrogen-bond acceptors (Lipinski definition) is 3. The van der Waals surface area contributed by atoms with Crippen LogP contribution >= 0.6 is 11.6 Å². The van der Waals surface area contributed by atoms with Crippen LogP contribution in [0.5, 0.6) is 0 Å². The second-order valence-electron chi connectivity index (χ2n) is 8.22. The number of rotatable bonds is 17. The van der Waals surface area contributed by atoms with Gasteiger partial charge in [-0.2, -0.15) is 4.98 Å². The highest BCUT2D eigenvalue weighted by Crippen LogP contribution is 2.20. The maximum absolute atomic E-state index is 12.3. The summed E-state index contributed by atoms with van der Waals surface area (Å²) in [6.45, 7) is 6.05. The number of aryl methyl sites for hydroxylation is 1. The van der Waals surface area contributed by atoms with E-state index in [0.717, 1.165) is 24.1 Å². The molecule has 0 aliphatic carbocycles. The van der Waals surface area contributed by atoms with Gasteiger partial charge in [0, 0.05) is 12.0 Å². The van der Waals surface area contributed by atoms with E-state index in [1.807, 2.05) is 26.0 Å². The molecular formula is C26H42ClN3O. The molecule has 1 amide bonds. The normalized spacial score (nSPS) is 11.6. The molecule has 0 fully saturated rings. The average molecular weight is 448 g/mol. The molecular weight excluding hydrogens is 406 g/mol. The molecule has 0 aliphatic heterocycles. The van der Waals surface area contributed by atoms with E-state index in [9.17, 15) is 4.79 Å². The van der Waals surface area contributed by atoms with Gasteiger partial charge in [0.1, 0.15) is 5.82 Å². The van der Waals surface area contributed by atoms with E-state index in [0.29, 0.717) is 12.2 Å². The lowest BCUT2D eigenvalue weighted by Gasteiger charge is -2.10. The molecule has 174 valence electrons. The number of hydrogen-bond donors (Lipinski definition) is 1. The monoisotopic (exact) mass is 447 g/mol. The minimum atomic E-state index is -0.0162. The second-order valence-corrected chi connectivity index (χ2v) is 8.56. The first-order valence-corrected chi connectivity index (χ1v) is 12.6. The molecule has 5 heteroatoms. The van der Waals surface area contributed by atoms with Gasteiger partial charge in [0.25, 0.3) is 0 Å². The van der Waals surface area contributed by atoms with Gasteiger partial charge in [-0.25, -0.2) is 4.98 Å². The van der Waals surface area contributed by atoms with Crippen LogP contribution in [0.1, 0.15) is 115 Å². The van der Waals surface area contributed by atoms with Crippen molar-refractivity contribution in [1.82, 2.24) is 9.97 Å². The topological polar surface area (TPSA) is 54.9 Å². The predicted molar refractivity (Wildman–Crippen MR) is 135 cm³/mol. The van der Waals surface area contributed by atoms with Crippen LogP contribution in [0.25, 0.3) is 6.08 Å². The molecule has 0 aromatic carbocycles. The quantitative estimate of drug-likeness (QED) is 0.148. The third-order valence-corrected chi connectivity index (χ3v) is 5.53. The van der Waals surface area contributed by atoms with Crippen molar-refractivity contribution in [2.45, 2.75) is 111 Å². The van der Waals surface area contributed by atoms with Crippen LogP contribution in [-0.2, 0) is 4.79 Å². The van der Waals surface area contributed by atoms with Crippen LogP contribution in [0, 0.1) is 6.92 Å². The Kier molecular flexibility index (Phi) is 15.8. The van der Waals surface area contributed by atoms with Crippen molar-refractivity contribution >= 4 is 29.4 Å². The van der Waals surface area contributed by atoms with Crippen LogP contribution in [0.4, 0.5) is 5.82 Å². The molecule has 0 aliphatic rings. The van der Waals surface area contributed by atoms with Crippen LogP contribution in [0.3, 0.4) is 0 Å². The molecule has 0 saturated heterocycles. The molecule has 0 atom stereocenters. The van der Waals surface area contributed by atoms with E-state index >= 15 is 0 Å². The molecule has 31 heavy (non-hydrogen) atoms. The van der Waals surface area contributed by atoms with Crippen molar-refractivity contribution < 1.29 is 4.79 Å². The standard InChI is InChI=1S/C26H42ClN3O/c1-4-6-7-8-9-10-11-12-13-14-15-16-17-18-19-21-24(31)29-25-23(20-5-2)22(3)28-26(27)30-25/h5,12-13,20H,4,6-11,14-19,21H2,1-3H3,(H,28,29,30,31)/b13-12-,20-5-. The van der Waals surface area contributed by atoms with Crippen LogP contribution in [-0.4, -0.2) is 15.9 Å². The highest BCUT2D eigenvalue weighted by Gasteiger charge is 2.11. The number of allylic oxidation sites excluding steroid dienone is 3. The van der Waals surface area contributed by atoms with E-state index in [4.69, 9.17) is 11.6 Å². The zero-order valence-electron chi connectivity index (χ0n) is 19.9. The highest BCUT2D eigenvalue weighted by molar-refractivity contribution is 6.28. The Morgan fingerprint density at radius 2 is 1.48 bits per heavy atom. The number of carbonyl (C=O) groups is 1. The molecule has 0 bridgehead atoms. The molecule has 1 aromatic heterocycles. The van der Waals surface area contributed by atoms with Gasteiger partial charge in [0.15, 0.2) is 0 Å². The lowest BCUT2D eigenvalue weighted by molar-refractivity contribution is -0.116. The van der Waals surface area contributed by atoms with Crippen molar-refractivity contribution in [2.24, 2.45) is 0 Å². The summed E-state index contributed by atoms with van der Waals surface area (Å²) in [5.41, 5.74) is 1.57. The van der Waals surface area contributed by atoms with Crippen LogP contribution in [0.15, 0.2) is 18.2 Å². The Morgan fingerprint density at radius 3 is 2.10 bits per heavy atom. The lowest BCUT2D eigenvalue weighted by Crippen LogP contribution is -2.14. The van der Waals surface area contributed by atoms with E-state index in [-0.39, 0.29) is 11.2 Å². The molecule has 0 unspecified atom stereocenters. The summed E-state index contributed by atoms with van der Waals surface area (Å²) < 4.78 is 0. The van der Waals surface area contributed by atoms with Gasteiger partial charge in [-0.05, 0) is 57.6 Å². The third-order valence-electron chi connectivity index (χ3n) is 5.37. The summed E-state index contributed by atoms with van der Waals surface area (Å²) in [6.07, 6.45) is 25.2. The summed E-state index contributed by atoms with van der Waals surface area (Å²) in [5.74, 6) is 0.478. The molecule has 0 spiro atoms. The molecule has 1 aromatic rings. The van der Waals surface area contributed by atoms with Gasteiger partial charge >= 0.3 is 0 Å². The Bertz CT molecular complexity index is 685. The largest absolute Gasteiger partial charge is 0.310 e. The first-order valence-electron chi connectivity index (χ1n) is 12.2. The summed E-state index contributed by atoms with van der Waals surface area (Å²) in [7, 11) is 0. The molecule has 4 nitrogen and oxygen atoms in total. The third kappa shape index (κ3) is 13.4. The van der Waals surface area contributed by atoms with Gasteiger partial charge < -0.3 is 5.32 Å². The van der Waals surface area contributed by atoms with Crippen LogP contribution in [0.2, 0.25) is 5.28 Å². The summed E-state index contributed by atoms with van der Waals surface area (Å²) in [5, 5.41) is 3.05. The van der Waals surface area contributed by atoms with E-state index in [2.05, 4.69) is 34.4 Å². The van der Waals surface area contributed by atoms with Gasteiger partial charge in [-0.1, -0.05) is 82.6 Å². The van der Waals surface area contributed by atoms with Gasteiger partial charge in [-0.15, -0.1) is 0 Å². The van der Waals surface area contributed by atoms with Crippen molar-refractivity contribution in [3.8, 4) is 0 Å². The first-order chi connectivity index (χ1) is 15.1. The first kappa shape index (κ1) is 27.4. The number of aromatic nitrogens is 2. The molecule has 0 radical (unpaired) electrons. The lowest BCUT2D eigenvalue weighted by atomic mass is 10.1. The fourth-order valence-electron chi connectivity index (χ4n) is 3.56. The number of nitrogens with zero attached hydrogens (tertiary/aromatic N) is 2. The minimum Gasteiger partial charge on any atom is -0.310 e. The fourth-order valence-corrected chi connectivity index (χ4v) is 3.77. The number of amides is 1. The van der Waals surface area contributed by atoms with Crippen molar-refractivity contribution in [3.05, 3.63) is 34.8 Å². The van der Waals surface area contributed by atoms with Gasteiger partial charge in [0.2, 0.25) is 11.2 Å². The molecule has 0 saturated carbocycles. The zero-order chi connectivity index (χ0) is 22.7. The fraction of sp³-hybridized carbons (Fsp3) is 0.654. The average Bonchev–Trinajstić information content (AvgIpc) is 2.73. The number of unbranched alkanes of at least 4 members (excludes halogenated alkanes) is 11. The van der Waals surface area contributed by atoms with Gasteiger partial charge in [0.05, 0.1) is 5.69 Å². The minimum absolute atomic E-state index is 0.0162. The maximum Gasteiger partial charge on any atom is 0.225 e. The summed E-state index contributed by atoms with van der Waals surface area (Å²) >= 11 is 5.95. The molecule has 1 N–H and O–H groups in total. The number of nitrogens with one attached hydrogen (secondary N) is 1. The predicted octanol–water partition coefficient (Wildman–Crippen LogP) is 8.45. The highest BCUT2D eigenvalue weighted by atomic mass is 35.5. The molecule has 1 heterocycles. The maximum atomic E-state index is 12.3. The van der Waals surface area contributed by atoms with E-state index in [1.54, 1.807) is 0 Å².